The minimum Gasteiger partial charge on any atom is -0.382 e. The molecule has 3 heterocycles. The Morgan fingerprint density at radius 2 is 1.92 bits per heavy atom. The van der Waals surface area contributed by atoms with Crippen molar-refractivity contribution in [3.63, 3.8) is 0 Å². The van der Waals surface area contributed by atoms with Crippen LogP contribution in [0, 0.1) is 6.92 Å². The number of nitrogens with one attached hydrogen (secondary N) is 1. The summed E-state index contributed by atoms with van der Waals surface area (Å²) < 4.78 is 1.66. The average Bonchev–Trinajstić information content (AvgIpc) is 3.27. The van der Waals surface area contributed by atoms with Crippen LogP contribution in [0.15, 0.2) is 48.8 Å². The molecule has 0 bridgehead atoms. The number of nitrogen functional groups attached to an aromatic ring is 1. The molecule has 3 aromatic heterocycles. The van der Waals surface area contributed by atoms with Gasteiger partial charge in [-0.15, -0.1) is 10.2 Å². The molecule has 0 aliphatic carbocycles. The van der Waals surface area contributed by atoms with Gasteiger partial charge in [0, 0.05) is 18.0 Å². The van der Waals surface area contributed by atoms with Crippen LogP contribution in [0.2, 0.25) is 0 Å². The van der Waals surface area contributed by atoms with E-state index in [4.69, 9.17) is 5.73 Å². The SMILES string of the molecule is Cc1cccc2c(-c3cnc4c(-c5nnn[nH]5)c(N)nn4c3)cccc12. The third-order valence-corrected chi connectivity index (χ3v) is 4.53. The summed E-state index contributed by atoms with van der Waals surface area (Å²) >= 11 is 0. The van der Waals surface area contributed by atoms with Gasteiger partial charge in [-0.3, -0.25) is 0 Å². The third-order valence-electron chi connectivity index (χ3n) is 4.53. The number of aromatic nitrogens is 7. The second-order valence-electron chi connectivity index (χ2n) is 6.10. The van der Waals surface area contributed by atoms with Gasteiger partial charge in [0.25, 0.3) is 0 Å². The Morgan fingerprint density at radius 1 is 1.08 bits per heavy atom. The maximum absolute atomic E-state index is 6.06. The van der Waals surface area contributed by atoms with E-state index in [1.807, 2.05) is 12.4 Å². The van der Waals surface area contributed by atoms with E-state index in [0.717, 1.165) is 11.1 Å². The Balaban J connectivity index is 1.74. The number of hydrogen-bond acceptors (Lipinski definition) is 6. The summed E-state index contributed by atoms with van der Waals surface area (Å²) in [6.07, 6.45) is 3.74. The summed E-state index contributed by atoms with van der Waals surface area (Å²) in [5.74, 6) is 0.764. The number of nitrogens with two attached hydrogens (primary N) is 1. The quantitative estimate of drug-likeness (QED) is 0.510. The highest BCUT2D eigenvalue weighted by Gasteiger charge is 2.17. The summed E-state index contributed by atoms with van der Waals surface area (Å²) in [4.78, 5) is 4.57. The van der Waals surface area contributed by atoms with Crippen molar-refractivity contribution in [1.82, 2.24) is 35.2 Å². The van der Waals surface area contributed by atoms with Gasteiger partial charge < -0.3 is 5.73 Å². The van der Waals surface area contributed by atoms with Crippen LogP contribution in [0.5, 0.6) is 0 Å². The molecule has 0 radical (unpaired) electrons. The molecular weight excluding hydrogens is 328 g/mol. The van der Waals surface area contributed by atoms with Crippen molar-refractivity contribution < 1.29 is 0 Å². The number of anilines is 1. The number of H-pyrrole nitrogens is 1. The molecule has 5 aromatic rings. The molecule has 0 amide bonds. The monoisotopic (exact) mass is 342 g/mol. The molecule has 0 unspecified atom stereocenters. The second-order valence-corrected chi connectivity index (χ2v) is 6.10. The van der Waals surface area contributed by atoms with Crippen molar-refractivity contribution in [1.29, 1.82) is 0 Å². The van der Waals surface area contributed by atoms with E-state index < -0.39 is 0 Å². The lowest BCUT2D eigenvalue weighted by atomic mass is 9.98. The lowest BCUT2D eigenvalue weighted by Gasteiger charge is -2.08. The zero-order chi connectivity index (χ0) is 17.7. The van der Waals surface area contributed by atoms with Crippen LogP contribution in [0.4, 0.5) is 5.82 Å². The number of fused-ring (bicyclic) bond motifs is 2. The first kappa shape index (κ1) is 14.5. The molecule has 0 fully saturated rings. The van der Waals surface area contributed by atoms with E-state index in [1.165, 1.54) is 16.3 Å². The topological polar surface area (TPSA) is 111 Å². The van der Waals surface area contributed by atoms with Gasteiger partial charge in [-0.1, -0.05) is 36.4 Å². The number of tetrazole rings is 1. The van der Waals surface area contributed by atoms with Crippen molar-refractivity contribution in [2.24, 2.45) is 0 Å². The van der Waals surface area contributed by atoms with Crippen molar-refractivity contribution in [3.8, 4) is 22.5 Å². The van der Waals surface area contributed by atoms with Crippen LogP contribution in [0.1, 0.15) is 5.56 Å². The van der Waals surface area contributed by atoms with Crippen LogP contribution >= 0.6 is 0 Å². The van der Waals surface area contributed by atoms with Gasteiger partial charge in [0.2, 0.25) is 0 Å². The molecular formula is C18H14N8. The Kier molecular flexibility index (Phi) is 2.99. The zero-order valence-corrected chi connectivity index (χ0v) is 13.9. The third kappa shape index (κ3) is 2.05. The number of hydrogen-bond donors (Lipinski definition) is 2. The molecule has 126 valence electrons. The number of aryl methyl sites for hydroxylation is 1. The standard InChI is InChI=1S/C18H14N8/c1-10-4-2-7-14-12(10)5-3-6-13(14)11-8-20-18-15(17-21-24-25-22-17)16(19)23-26(18)9-11/h2-9H,1H3,(H2,19,23)(H,21,22,24,25). The van der Waals surface area contributed by atoms with E-state index in [0.29, 0.717) is 22.9 Å². The molecule has 0 aliphatic heterocycles. The molecule has 26 heavy (non-hydrogen) atoms. The van der Waals surface area contributed by atoms with Gasteiger partial charge in [-0.2, -0.15) is 0 Å². The van der Waals surface area contributed by atoms with E-state index in [-0.39, 0.29) is 0 Å². The van der Waals surface area contributed by atoms with Crippen molar-refractivity contribution >= 4 is 22.2 Å². The number of aromatic amines is 1. The second kappa shape index (κ2) is 5.35. The van der Waals surface area contributed by atoms with Crippen molar-refractivity contribution in [3.05, 3.63) is 54.4 Å². The van der Waals surface area contributed by atoms with Crippen LogP contribution < -0.4 is 5.73 Å². The lowest BCUT2D eigenvalue weighted by molar-refractivity contribution is 0.881. The largest absolute Gasteiger partial charge is 0.382 e. The molecule has 8 heteroatoms. The van der Waals surface area contributed by atoms with Crippen LogP contribution in [0.3, 0.4) is 0 Å². The highest BCUT2D eigenvalue weighted by molar-refractivity contribution is 5.98. The first-order valence-corrected chi connectivity index (χ1v) is 8.09. The van der Waals surface area contributed by atoms with E-state index >= 15 is 0 Å². The van der Waals surface area contributed by atoms with Gasteiger partial charge in [0.15, 0.2) is 17.3 Å². The van der Waals surface area contributed by atoms with Crippen molar-refractivity contribution in [2.75, 3.05) is 5.73 Å². The molecule has 0 saturated heterocycles. The summed E-state index contributed by atoms with van der Waals surface area (Å²) in [5, 5.41) is 20.6. The highest BCUT2D eigenvalue weighted by atomic mass is 15.5. The maximum atomic E-state index is 6.06. The zero-order valence-electron chi connectivity index (χ0n) is 13.9. The number of nitrogens with zero attached hydrogens (tertiary/aromatic N) is 6. The predicted molar refractivity (Wildman–Crippen MR) is 98.3 cm³/mol. The highest BCUT2D eigenvalue weighted by Crippen LogP contribution is 2.31. The van der Waals surface area contributed by atoms with Crippen LogP contribution in [0.25, 0.3) is 38.9 Å². The fraction of sp³-hybridized carbons (Fsp3) is 0.0556. The Labute approximate surface area is 147 Å². The molecule has 0 saturated carbocycles. The van der Waals surface area contributed by atoms with E-state index in [9.17, 15) is 0 Å². The first-order chi connectivity index (χ1) is 12.7. The van der Waals surface area contributed by atoms with Crippen molar-refractivity contribution in [2.45, 2.75) is 6.92 Å². The fourth-order valence-electron chi connectivity index (χ4n) is 3.30. The summed E-state index contributed by atoms with van der Waals surface area (Å²) in [7, 11) is 0. The van der Waals surface area contributed by atoms with Gasteiger partial charge in [-0.25, -0.2) is 14.6 Å². The molecule has 3 N–H and O–H groups in total. The number of rotatable bonds is 2. The van der Waals surface area contributed by atoms with Gasteiger partial charge >= 0.3 is 0 Å². The predicted octanol–water partition coefficient (Wildman–Crippen LogP) is 2.62. The van der Waals surface area contributed by atoms with Gasteiger partial charge in [0.1, 0.15) is 5.56 Å². The first-order valence-electron chi connectivity index (χ1n) is 8.09. The van der Waals surface area contributed by atoms with Gasteiger partial charge in [0.05, 0.1) is 0 Å². The molecule has 8 nitrogen and oxygen atoms in total. The normalized spacial score (nSPS) is 11.4. The Morgan fingerprint density at radius 3 is 2.77 bits per heavy atom. The molecule has 0 aliphatic rings. The summed E-state index contributed by atoms with van der Waals surface area (Å²) in [5.41, 5.74) is 10.5. The van der Waals surface area contributed by atoms with E-state index in [1.54, 1.807) is 4.52 Å². The maximum Gasteiger partial charge on any atom is 0.187 e. The molecule has 2 aromatic carbocycles. The van der Waals surface area contributed by atoms with Crippen LogP contribution in [-0.2, 0) is 0 Å². The number of benzene rings is 2. The van der Waals surface area contributed by atoms with E-state index in [2.05, 4.69) is 74.0 Å². The fourth-order valence-corrected chi connectivity index (χ4v) is 3.30. The molecule has 5 rings (SSSR count). The summed E-state index contributed by atoms with van der Waals surface area (Å²) in [6.45, 7) is 2.11. The van der Waals surface area contributed by atoms with Gasteiger partial charge in [-0.05, 0) is 39.2 Å². The minimum atomic E-state index is 0.321. The molecule has 0 spiro atoms. The average molecular weight is 342 g/mol. The smallest absolute Gasteiger partial charge is 0.187 e. The Bertz CT molecular complexity index is 1250. The van der Waals surface area contributed by atoms with Crippen LogP contribution in [-0.4, -0.2) is 35.2 Å². The Hall–Kier alpha value is -3.81. The minimum absolute atomic E-state index is 0.321. The lowest BCUT2D eigenvalue weighted by Crippen LogP contribution is -1.93. The molecule has 0 atom stereocenters. The summed E-state index contributed by atoms with van der Waals surface area (Å²) in [6, 6.07) is 12.6.